The Bertz CT molecular complexity index is 783. The molecule has 1 amide bonds. The Morgan fingerprint density at radius 2 is 1.96 bits per heavy atom. The number of nitrogens with zero attached hydrogens (tertiary/aromatic N) is 2. The Kier molecular flexibility index (Phi) is 4.90. The van der Waals surface area contributed by atoms with Gasteiger partial charge in [-0.3, -0.25) is 14.9 Å². The number of carbonyl (C=O) groups excluding carboxylic acids is 1. The Balaban J connectivity index is 2.21. The molecule has 8 heteroatoms. The largest absolute Gasteiger partial charge is 0.337 e. The fourth-order valence-corrected chi connectivity index (χ4v) is 2.23. The molecule has 0 saturated heterocycles. The molecule has 2 aromatic rings. The first-order chi connectivity index (χ1) is 10.8. The summed E-state index contributed by atoms with van der Waals surface area (Å²) in [6.45, 7) is -0.0989. The van der Waals surface area contributed by atoms with Crippen molar-refractivity contribution < 1.29 is 18.5 Å². The van der Waals surface area contributed by atoms with Crippen molar-refractivity contribution in [3.8, 4) is 0 Å². The molecular weight excluding hydrogens is 330 g/mol. The van der Waals surface area contributed by atoms with E-state index in [1.807, 2.05) is 0 Å². The lowest BCUT2D eigenvalue weighted by Gasteiger charge is -2.18. The topological polar surface area (TPSA) is 63.5 Å². The fraction of sp³-hybridized carbons (Fsp3) is 0.133. The van der Waals surface area contributed by atoms with Gasteiger partial charge in [-0.05, 0) is 12.1 Å². The molecule has 0 bridgehead atoms. The van der Waals surface area contributed by atoms with Crippen LogP contribution in [0.3, 0.4) is 0 Å². The van der Waals surface area contributed by atoms with E-state index >= 15 is 0 Å². The van der Waals surface area contributed by atoms with E-state index in [-0.39, 0.29) is 28.4 Å². The fourth-order valence-electron chi connectivity index (χ4n) is 1.97. The van der Waals surface area contributed by atoms with Crippen LogP contribution in [0.25, 0.3) is 0 Å². The highest BCUT2D eigenvalue weighted by molar-refractivity contribution is 6.34. The van der Waals surface area contributed by atoms with Gasteiger partial charge in [-0.2, -0.15) is 0 Å². The van der Waals surface area contributed by atoms with Gasteiger partial charge in [0, 0.05) is 37.4 Å². The molecule has 120 valence electrons. The van der Waals surface area contributed by atoms with Crippen LogP contribution in [0.2, 0.25) is 5.02 Å². The maximum atomic E-state index is 13.6. The van der Waals surface area contributed by atoms with Gasteiger partial charge in [0.15, 0.2) is 0 Å². The molecule has 2 rings (SSSR count). The van der Waals surface area contributed by atoms with E-state index in [4.69, 9.17) is 11.6 Å². The van der Waals surface area contributed by atoms with E-state index in [0.717, 1.165) is 24.3 Å². The Morgan fingerprint density at radius 3 is 2.52 bits per heavy atom. The van der Waals surface area contributed by atoms with Crippen molar-refractivity contribution in [2.24, 2.45) is 0 Å². The van der Waals surface area contributed by atoms with E-state index < -0.39 is 22.5 Å². The van der Waals surface area contributed by atoms with Gasteiger partial charge >= 0.3 is 0 Å². The first-order valence-electron chi connectivity index (χ1n) is 6.43. The van der Waals surface area contributed by atoms with Gasteiger partial charge in [0.1, 0.15) is 11.6 Å². The van der Waals surface area contributed by atoms with Crippen molar-refractivity contribution in [3.05, 3.63) is 74.3 Å². The second kappa shape index (κ2) is 6.70. The number of rotatable bonds is 4. The third-order valence-electron chi connectivity index (χ3n) is 3.16. The average molecular weight is 341 g/mol. The number of hydrogen-bond acceptors (Lipinski definition) is 3. The molecule has 0 heterocycles. The number of nitro groups is 1. The SMILES string of the molecule is CN(Cc1ccc(F)cc1F)C(=O)c1ccc([N+](=O)[O-])cc1Cl. The second-order valence-electron chi connectivity index (χ2n) is 4.82. The monoisotopic (exact) mass is 340 g/mol. The number of hydrogen-bond donors (Lipinski definition) is 0. The molecular formula is C15H11ClF2N2O3. The molecule has 5 nitrogen and oxygen atoms in total. The maximum absolute atomic E-state index is 13.6. The number of carbonyl (C=O) groups is 1. The summed E-state index contributed by atoms with van der Waals surface area (Å²) < 4.78 is 26.5. The molecule has 0 aliphatic heterocycles. The zero-order valence-electron chi connectivity index (χ0n) is 11.9. The molecule has 0 aliphatic carbocycles. The number of halogens is 3. The first-order valence-corrected chi connectivity index (χ1v) is 6.80. The molecule has 0 aromatic heterocycles. The lowest BCUT2D eigenvalue weighted by atomic mass is 10.1. The number of non-ortho nitro benzene ring substituents is 1. The standard InChI is InChI=1S/C15H11ClF2N2O3/c1-19(8-9-2-3-10(17)6-14(9)18)15(21)12-5-4-11(20(22)23)7-13(12)16/h2-7H,8H2,1H3. The van der Waals surface area contributed by atoms with E-state index in [1.54, 1.807) is 0 Å². The highest BCUT2D eigenvalue weighted by Crippen LogP contribution is 2.24. The predicted molar refractivity (Wildman–Crippen MR) is 80.3 cm³/mol. The van der Waals surface area contributed by atoms with Crippen molar-refractivity contribution in [3.63, 3.8) is 0 Å². The van der Waals surface area contributed by atoms with Crippen LogP contribution < -0.4 is 0 Å². The summed E-state index contributed by atoms with van der Waals surface area (Å²) in [5.41, 5.74) is -0.0404. The molecule has 0 atom stereocenters. The highest BCUT2D eigenvalue weighted by Gasteiger charge is 2.19. The van der Waals surface area contributed by atoms with Gasteiger partial charge in [-0.25, -0.2) is 8.78 Å². The number of nitro benzene ring substituents is 1. The average Bonchev–Trinajstić information content (AvgIpc) is 2.49. The van der Waals surface area contributed by atoms with Crippen molar-refractivity contribution in [2.75, 3.05) is 7.05 Å². The van der Waals surface area contributed by atoms with Crippen LogP contribution in [0.5, 0.6) is 0 Å². The summed E-state index contributed by atoms with van der Waals surface area (Å²) in [6, 6.07) is 6.53. The van der Waals surface area contributed by atoms with Gasteiger partial charge in [0.2, 0.25) is 0 Å². The van der Waals surface area contributed by atoms with Crippen LogP contribution in [0, 0.1) is 21.7 Å². The van der Waals surface area contributed by atoms with E-state index in [1.165, 1.54) is 24.1 Å². The minimum atomic E-state index is -0.764. The smallest absolute Gasteiger partial charge is 0.270 e. The molecule has 0 aliphatic rings. The normalized spacial score (nSPS) is 10.4. The van der Waals surface area contributed by atoms with E-state index in [9.17, 15) is 23.7 Å². The Labute approximate surface area is 135 Å². The van der Waals surface area contributed by atoms with E-state index in [0.29, 0.717) is 0 Å². The number of amides is 1. The summed E-state index contributed by atoms with van der Waals surface area (Å²) in [6.07, 6.45) is 0. The lowest BCUT2D eigenvalue weighted by Crippen LogP contribution is -2.27. The molecule has 0 saturated carbocycles. The van der Waals surface area contributed by atoms with Gasteiger partial charge < -0.3 is 4.90 Å². The molecule has 0 fully saturated rings. The van der Waals surface area contributed by atoms with Gasteiger partial charge in [-0.15, -0.1) is 0 Å². The first kappa shape index (κ1) is 16.8. The summed E-state index contributed by atoms with van der Waals surface area (Å²) in [5, 5.41) is 10.6. The van der Waals surface area contributed by atoms with Gasteiger partial charge in [0.05, 0.1) is 15.5 Å². The maximum Gasteiger partial charge on any atom is 0.270 e. The van der Waals surface area contributed by atoms with Crippen LogP contribution in [0.4, 0.5) is 14.5 Å². The molecule has 23 heavy (non-hydrogen) atoms. The molecule has 0 radical (unpaired) electrons. The predicted octanol–water partition coefficient (Wildman–Crippen LogP) is 3.80. The van der Waals surface area contributed by atoms with Gasteiger partial charge in [-0.1, -0.05) is 17.7 Å². The second-order valence-corrected chi connectivity index (χ2v) is 5.23. The minimum absolute atomic E-state index is 0.0577. The van der Waals surface area contributed by atoms with Crippen molar-refractivity contribution in [1.82, 2.24) is 4.90 Å². The van der Waals surface area contributed by atoms with Gasteiger partial charge in [0.25, 0.3) is 11.6 Å². The zero-order valence-corrected chi connectivity index (χ0v) is 12.7. The summed E-state index contributed by atoms with van der Waals surface area (Å²) in [5.74, 6) is -2.01. The summed E-state index contributed by atoms with van der Waals surface area (Å²) in [7, 11) is 1.42. The lowest BCUT2D eigenvalue weighted by molar-refractivity contribution is -0.384. The zero-order chi connectivity index (χ0) is 17.1. The van der Waals surface area contributed by atoms with Crippen LogP contribution in [-0.2, 0) is 6.54 Å². The van der Waals surface area contributed by atoms with Crippen LogP contribution in [0.15, 0.2) is 36.4 Å². The highest BCUT2D eigenvalue weighted by atomic mass is 35.5. The molecule has 0 N–H and O–H groups in total. The molecule has 2 aromatic carbocycles. The van der Waals surface area contributed by atoms with Crippen molar-refractivity contribution in [2.45, 2.75) is 6.54 Å². The van der Waals surface area contributed by atoms with E-state index in [2.05, 4.69) is 0 Å². The molecule has 0 spiro atoms. The number of benzene rings is 2. The third kappa shape index (κ3) is 3.81. The van der Waals surface area contributed by atoms with Crippen molar-refractivity contribution >= 4 is 23.2 Å². The van der Waals surface area contributed by atoms with Crippen LogP contribution in [0.1, 0.15) is 15.9 Å². The van der Waals surface area contributed by atoms with Crippen LogP contribution >= 0.6 is 11.6 Å². The third-order valence-corrected chi connectivity index (χ3v) is 3.48. The van der Waals surface area contributed by atoms with Crippen molar-refractivity contribution in [1.29, 1.82) is 0 Å². The summed E-state index contributed by atoms with van der Waals surface area (Å²) in [4.78, 5) is 23.5. The minimum Gasteiger partial charge on any atom is -0.337 e. The van der Waals surface area contributed by atoms with Crippen LogP contribution in [-0.4, -0.2) is 22.8 Å². The molecule has 0 unspecified atom stereocenters. The quantitative estimate of drug-likeness (QED) is 0.628. The summed E-state index contributed by atoms with van der Waals surface area (Å²) >= 11 is 5.89. The Hall–Kier alpha value is -2.54. The Morgan fingerprint density at radius 1 is 1.26 bits per heavy atom.